The molecule has 1 aliphatic rings. The van der Waals surface area contributed by atoms with E-state index in [0.29, 0.717) is 6.42 Å². The fourth-order valence-electron chi connectivity index (χ4n) is 2.41. The van der Waals surface area contributed by atoms with Gasteiger partial charge in [-0.2, -0.15) is 0 Å². The van der Waals surface area contributed by atoms with Crippen LogP contribution in [0.5, 0.6) is 0 Å². The zero-order chi connectivity index (χ0) is 13.1. The number of amides is 1. The fourth-order valence-corrected chi connectivity index (χ4v) is 2.41. The van der Waals surface area contributed by atoms with E-state index in [9.17, 15) is 4.79 Å². The van der Waals surface area contributed by atoms with Gasteiger partial charge < -0.3 is 15.7 Å². The summed E-state index contributed by atoms with van der Waals surface area (Å²) in [5.74, 6) is 0.0492. The third kappa shape index (κ3) is 3.96. The highest BCUT2D eigenvalue weighted by Crippen LogP contribution is 2.30. The van der Waals surface area contributed by atoms with E-state index in [0.717, 1.165) is 19.4 Å². The fraction of sp³-hybridized carbons (Fsp3) is 0.923. The number of aliphatic hydroxyl groups is 1. The Morgan fingerprint density at radius 2 is 2.18 bits per heavy atom. The highest BCUT2D eigenvalue weighted by atomic mass is 16.3. The SMILES string of the molecule is CC(C)(CCO)NC(=O)C1NCCCC1(C)C. The molecule has 1 amide bonds. The van der Waals surface area contributed by atoms with Crippen molar-refractivity contribution in [1.29, 1.82) is 0 Å². The Morgan fingerprint density at radius 3 is 2.71 bits per heavy atom. The van der Waals surface area contributed by atoms with E-state index in [1.165, 1.54) is 0 Å². The lowest BCUT2D eigenvalue weighted by Gasteiger charge is -2.40. The van der Waals surface area contributed by atoms with Crippen LogP contribution in [0.3, 0.4) is 0 Å². The molecule has 17 heavy (non-hydrogen) atoms. The number of hydrogen-bond acceptors (Lipinski definition) is 3. The summed E-state index contributed by atoms with van der Waals surface area (Å²) < 4.78 is 0. The van der Waals surface area contributed by atoms with Crippen LogP contribution in [0.1, 0.15) is 47.0 Å². The molecule has 1 saturated heterocycles. The topological polar surface area (TPSA) is 61.4 Å². The van der Waals surface area contributed by atoms with E-state index >= 15 is 0 Å². The maximum Gasteiger partial charge on any atom is 0.238 e. The number of nitrogens with one attached hydrogen (secondary N) is 2. The van der Waals surface area contributed by atoms with Crippen LogP contribution in [0, 0.1) is 5.41 Å². The molecule has 0 aromatic carbocycles. The Kier molecular flexibility index (Phi) is 4.55. The van der Waals surface area contributed by atoms with Crippen molar-refractivity contribution in [2.75, 3.05) is 13.2 Å². The van der Waals surface area contributed by atoms with Crippen LogP contribution in [0.4, 0.5) is 0 Å². The van der Waals surface area contributed by atoms with Gasteiger partial charge in [0.25, 0.3) is 0 Å². The lowest BCUT2D eigenvalue weighted by molar-refractivity contribution is -0.128. The first-order valence-electron chi connectivity index (χ1n) is 6.45. The van der Waals surface area contributed by atoms with E-state index in [-0.39, 0.29) is 29.5 Å². The number of carbonyl (C=O) groups excluding carboxylic acids is 1. The molecule has 4 heteroatoms. The summed E-state index contributed by atoms with van der Waals surface area (Å²) in [7, 11) is 0. The van der Waals surface area contributed by atoms with E-state index in [4.69, 9.17) is 5.11 Å². The summed E-state index contributed by atoms with van der Waals surface area (Å²) in [5.41, 5.74) is -0.349. The molecule has 1 unspecified atom stereocenters. The summed E-state index contributed by atoms with van der Waals surface area (Å²) in [6, 6.07) is -0.130. The summed E-state index contributed by atoms with van der Waals surface area (Å²) in [6.45, 7) is 9.13. The molecule has 1 aliphatic heterocycles. The highest BCUT2D eigenvalue weighted by Gasteiger charge is 2.38. The minimum Gasteiger partial charge on any atom is -0.396 e. The van der Waals surface area contributed by atoms with Gasteiger partial charge in [0.2, 0.25) is 5.91 Å². The second kappa shape index (κ2) is 5.36. The van der Waals surface area contributed by atoms with Crippen molar-refractivity contribution in [2.45, 2.75) is 58.5 Å². The number of rotatable bonds is 4. The van der Waals surface area contributed by atoms with Gasteiger partial charge in [-0.15, -0.1) is 0 Å². The second-order valence-corrected chi connectivity index (χ2v) is 6.33. The predicted molar refractivity (Wildman–Crippen MR) is 68.7 cm³/mol. The van der Waals surface area contributed by atoms with Crippen molar-refractivity contribution >= 4 is 5.91 Å². The van der Waals surface area contributed by atoms with Crippen molar-refractivity contribution < 1.29 is 9.90 Å². The number of piperidine rings is 1. The first kappa shape index (κ1) is 14.5. The van der Waals surface area contributed by atoms with Crippen LogP contribution in [0.15, 0.2) is 0 Å². The van der Waals surface area contributed by atoms with Gasteiger partial charge in [0, 0.05) is 12.1 Å². The molecule has 0 saturated carbocycles. The van der Waals surface area contributed by atoms with E-state index in [2.05, 4.69) is 24.5 Å². The standard InChI is InChI=1S/C13H26N2O2/c1-12(2)6-5-8-14-10(12)11(17)15-13(3,4)7-9-16/h10,14,16H,5-9H2,1-4H3,(H,15,17). The summed E-state index contributed by atoms with van der Waals surface area (Å²) >= 11 is 0. The Hall–Kier alpha value is -0.610. The van der Waals surface area contributed by atoms with Crippen LogP contribution < -0.4 is 10.6 Å². The zero-order valence-corrected chi connectivity index (χ0v) is 11.5. The lowest BCUT2D eigenvalue weighted by atomic mass is 9.77. The number of hydrogen-bond donors (Lipinski definition) is 3. The summed E-state index contributed by atoms with van der Waals surface area (Å²) in [5, 5.41) is 15.3. The van der Waals surface area contributed by atoms with Crippen LogP contribution in [-0.4, -0.2) is 35.7 Å². The zero-order valence-electron chi connectivity index (χ0n) is 11.5. The quantitative estimate of drug-likeness (QED) is 0.690. The predicted octanol–water partition coefficient (Wildman–Crippen LogP) is 1.04. The molecule has 0 aliphatic carbocycles. The van der Waals surface area contributed by atoms with Crippen LogP contribution in [0.2, 0.25) is 0 Å². The van der Waals surface area contributed by atoms with Crippen molar-refractivity contribution in [3.05, 3.63) is 0 Å². The molecular weight excluding hydrogens is 216 g/mol. The monoisotopic (exact) mass is 242 g/mol. The smallest absolute Gasteiger partial charge is 0.238 e. The Morgan fingerprint density at radius 1 is 1.53 bits per heavy atom. The Bertz CT molecular complexity index is 275. The maximum absolute atomic E-state index is 12.2. The van der Waals surface area contributed by atoms with Crippen molar-refractivity contribution in [1.82, 2.24) is 10.6 Å². The molecule has 1 fully saturated rings. The molecule has 0 aromatic rings. The lowest BCUT2D eigenvalue weighted by Crippen LogP contribution is -2.59. The number of carbonyl (C=O) groups is 1. The first-order chi connectivity index (χ1) is 7.78. The minimum atomic E-state index is -0.346. The molecule has 3 N–H and O–H groups in total. The van der Waals surface area contributed by atoms with Crippen molar-refractivity contribution in [3.63, 3.8) is 0 Å². The third-order valence-corrected chi connectivity index (χ3v) is 3.59. The molecule has 0 spiro atoms. The molecule has 1 heterocycles. The van der Waals surface area contributed by atoms with Gasteiger partial charge in [-0.25, -0.2) is 0 Å². The maximum atomic E-state index is 12.2. The van der Waals surface area contributed by atoms with Gasteiger partial charge in [-0.1, -0.05) is 13.8 Å². The van der Waals surface area contributed by atoms with E-state index < -0.39 is 0 Å². The molecule has 100 valence electrons. The van der Waals surface area contributed by atoms with Crippen LogP contribution >= 0.6 is 0 Å². The molecule has 4 nitrogen and oxygen atoms in total. The average molecular weight is 242 g/mol. The van der Waals surface area contributed by atoms with E-state index in [1.807, 2.05) is 13.8 Å². The molecule has 1 atom stereocenters. The van der Waals surface area contributed by atoms with Crippen LogP contribution in [0.25, 0.3) is 0 Å². The normalized spacial score (nSPS) is 24.4. The molecule has 0 bridgehead atoms. The van der Waals surface area contributed by atoms with Crippen molar-refractivity contribution in [2.24, 2.45) is 5.41 Å². The molecular formula is C13H26N2O2. The van der Waals surface area contributed by atoms with Crippen molar-refractivity contribution in [3.8, 4) is 0 Å². The minimum absolute atomic E-state index is 0.00235. The van der Waals surface area contributed by atoms with Gasteiger partial charge in [-0.05, 0) is 45.1 Å². The second-order valence-electron chi connectivity index (χ2n) is 6.33. The largest absolute Gasteiger partial charge is 0.396 e. The Labute approximate surface area is 104 Å². The first-order valence-corrected chi connectivity index (χ1v) is 6.45. The molecule has 1 rings (SSSR count). The van der Waals surface area contributed by atoms with Gasteiger partial charge in [0.05, 0.1) is 6.04 Å². The Balaban J connectivity index is 2.63. The van der Waals surface area contributed by atoms with E-state index in [1.54, 1.807) is 0 Å². The molecule has 0 radical (unpaired) electrons. The summed E-state index contributed by atoms with van der Waals surface area (Å²) in [4.78, 5) is 12.2. The number of aliphatic hydroxyl groups excluding tert-OH is 1. The van der Waals surface area contributed by atoms with Gasteiger partial charge >= 0.3 is 0 Å². The van der Waals surface area contributed by atoms with Gasteiger partial charge in [0.15, 0.2) is 0 Å². The molecule has 0 aromatic heterocycles. The van der Waals surface area contributed by atoms with Gasteiger partial charge in [-0.3, -0.25) is 4.79 Å². The van der Waals surface area contributed by atoms with Crippen LogP contribution in [-0.2, 0) is 4.79 Å². The average Bonchev–Trinajstić information content (AvgIpc) is 2.15. The summed E-state index contributed by atoms with van der Waals surface area (Å²) in [6.07, 6.45) is 2.77. The third-order valence-electron chi connectivity index (χ3n) is 3.59. The highest BCUT2D eigenvalue weighted by molar-refractivity contribution is 5.83. The van der Waals surface area contributed by atoms with Gasteiger partial charge in [0.1, 0.15) is 0 Å².